The van der Waals surface area contributed by atoms with E-state index in [9.17, 15) is 0 Å². The maximum Gasteiger partial charge on any atom is 0.153 e. The molecule has 0 saturated carbocycles. The summed E-state index contributed by atoms with van der Waals surface area (Å²) in [7, 11) is 1.78. The molecule has 0 bridgehead atoms. The molecule has 0 saturated heterocycles. The molecule has 0 amide bonds. The van der Waals surface area contributed by atoms with Crippen LogP contribution in [0.5, 0.6) is 0 Å². The van der Waals surface area contributed by atoms with Crippen LogP contribution in [0.25, 0.3) is 11.5 Å². The van der Waals surface area contributed by atoms with E-state index >= 15 is 0 Å². The molecular weight excluding hydrogens is 166 g/mol. The molecule has 0 aliphatic rings. The fourth-order valence-corrected chi connectivity index (χ4v) is 1.22. The van der Waals surface area contributed by atoms with Crippen LogP contribution in [-0.4, -0.2) is 9.78 Å². The molecule has 2 heterocycles. The molecule has 0 aliphatic heterocycles. The third-order valence-electron chi connectivity index (χ3n) is 1.81. The van der Waals surface area contributed by atoms with Crippen molar-refractivity contribution in [2.24, 2.45) is 7.05 Å². The van der Waals surface area contributed by atoms with Crippen molar-refractivity contribution >= 4 is 0 Å². The Hall–Kier alpha value is -2.02. The van der Waals surface area contributed by atoms with E-state index in [1.165, 1.54) is 6.20 Å². The summed E-state index contributed by atoms with van der Waals surface area (Å²) in [6.07, 6.45) is 3.10. The van der Waals surface area contributed by atoms with E-state index in [0.717, 1.165) is 0 Å². The normalized spacial score (nSPS) is 9.85. The summed E-state index contributed by atoms with van der Waals surface area (Å²) in [6.45, 7) is 0. The van der Waals surface area contributed by atoms with E-state index in [1.807, 2.05) is 0 Å². The number of aromatic nitrogens is 2. The molecule has 2 aromatic rings. The summed E-state index contributed by atoms with van der Waals surface area (Å²) < 4.78 is 6.81. The number of nitrogens with zero attached hydrogens (tertiary/aromatic N) is 3. The molecule has 2 rings (SSSR count). The third kappa shape index (κ3) is 1.11. The van der Waals surface area contributed by atoms with Crippen LogP contribution < -0.4 is 0 Å². The molecular formula is C9H7N3O. The highest BCUT2D eigenvalue weighted by Crippen LogP contribution is 2.22. The SMILES string of the molecule is Cn1ncc(C#N)c1-c1ccco1. The Bertz CT molecular complexity index is 448. The lowest BCUT2D eigenvalue weighted by Crippen LogP contribution is -1.93. The number of nitriles is 1. The lowest BCUT2D eigenvalue weighted by Gasteiger charge is -1.96. The van der Waals surface area contributed by atoms with Crippen molar-refractivity contribution in [2.75, 3.05) is 0 Å². The topological polar surface area (TPSA) is 54.8 Å². The van der Waals surface area contributed by atoms with Gasteiger partial charge in [0.1, 0.15) is 17.3 Å². The highest BCUT2D eigenvalue weighted by molar-refractivity contribution is 5.61. The summed E-state index contributed by atoms with van der Waals surface area (Å²) in [5.41, 5.74) is 1.24. The Balaban J connectivity index is 2.64. The van der Waals surface area contributed by atoms with Crippen LogP contribution in [-0.2, 0) is 7.05 Å². The summed E-state index contributed by atoms with van der Waals surface area (Å²) >= 11 is 0. The highest BCUT2D eigenvalue weighted by atomic mass is 16.3. The van der Waals surface area contributed by atoms with Crippen molar-refractivity contribution in [2.45, 2.75) is 0 Å². The molecule has 0 unspecified atom stereocenters. The first-order valence-electron chi connectivity index (χ1n) is 3.79. The number of hydrogen-bond donors (Lipinski definition) is 0. The molecule has 0 fully saturated rings. The third-order valence-corrected chi connectivity index (χ3v) is 1.81. The molecule has 0 atom stereocenters. The summed E-state index contributed by atoms with van der Waals surface area (Å²) in [4.78, 5) is 0. The highest BCUT2D eigenvalue weighted by Gasteiger charge is 2.12. The lowest BCUT2D eigenvalue weighted by molar-refractivity contribution is 0.573. The van der Waals surface area contributed by atoms with Gasteiger partial charge in [0.15, 0.2) is 5.76 Å². The molecule has 4 heteroatoms. The van der Waals surface area contributed by atoms with Crippen molar-refractivity contribution < 1.29 is 4.42 Å². The minimum Gasteiger partial charge on any atom is -0.463 e. The molecule has 13 heavy (non-hydrogen) atoms. The number of furan rings is 1. The van der Waals surface area contributed by atoms with Gasteiger partial charge < -0.3 is 4.42 Å². The first kappa shape index (κ1) is 7.62. The first-order valence-corrected chi connectivity index (χ1v) is 3.79. The van der Waals surface area contributed by atoms with Gasteiger partial charge in [0.05, 0.1) is 12.5 Å². The second kappa shape index (κ2) is 2.79. The fourth-order valence-electron chi connectivity index (χ4n) is 1.22. The minimum absolute atomic E-state index is 0.525. The van der Waals surface area contributed by atoms with Crippen LogP contribution in [0.3, 0.4) is 0 Å². The van der Waals surface area contributed by atoms with Gasteiger partial charge in [-0.2, -0.15) is 10.4 Å². The number of hydrogen-bond acceptors (Lipinski definition) is 3. The molecule has 64 valence electrons. The Morgan fingerprint density at radius 1 is 1.62 bits per heavy atom. The van der Waals surface area contributed by atoms with Crippen LogP contribution in [0, 0.1) is 11.3 Å². The molecule has 2 aromatic heterocycles. The van der Waals surface area contributed by atoms with Gasteiger partial charge >= 0.3 is 0 Å². The first-order chi connectivity index (χ1) is 6.33. The van der Waals surface area contributed by atoms with Crippen LogP contribution in [0.1, 0.15) is 5.56 Å². The van der Waals surface area contributed by atoms with Gasteiger partial charge in [-0.15, -0.1) is 0 Å². The predicted octanol–water partition coefficient (Wildman–Crippen LogP) is 1.55. The second-order valence-corrected chi connectivity index (χ2v) is 2.62. The van der Waals surface area contributed by atoms with E-state index in [1.54, 1.807) is 30.1 Å². The van der Waals surface area contributed by atoms with Crippen molar-refractivity contribution in [3.63, 3.8) is 0 Å². The van der Waals surface area contributed by atoms with Crippen LogP contribution in [0.2, 0.25) is 0 Å². The molecule has 0 spiro atoms. The van der Waals surface area contributed by atoms with Gasteiger partial charge in [-0.1, -0.05) is 0 Å². The molecule has 4 nitrogen and oxygen atoms in total. The zero-order chi connectivity index (χ0) is 9.26. The maximum atomic E-state index is 8.79. The van der Waals surface area contributed by atoms with E-state index in [0.29, 0.717) is 17.0 Å². The second-order valence-electron chi connectivity index (χ2n) is 2.62. The van der Waals surface area contributed by atoms with E-state index in [-0.39, 0.29) is 0 Å². The van der Waals surface area contributed by atoms with Gasteiger partial charge in [-0.25, -0.2) is 0 Å². The average molecular weight is 173 g/mol. The Morgan fingerprint density at radius 3 is 3.08 bits per heavy atom. The zero-order valence-corrected chi connectivity index (χ0v) is 7.06. The van der Waals surface area contributed by atoms with Gasteiger partial charge in [0.25, 0.3) is 0 Å². The largest absolute Gasteiger partial charge is 0.463 e. The van der Waals surface area contributed by atoms with Gasteiger partial charge in [-0.3, -0.25) is 4.68 Å². The molecule has 0 aliphatic carbocycles. The Morgan fingerprint density at radius 2 is 2.46 bits per heavy atom. The van der Waals surface area contributed by atoms with E-state index < -0.39 is 0 Å². The maximum absolute atomic E-state index is 8.79. The quantitative estimate of drug-likeness (QED) is 0.657. The molecule has 0 aromatic carbocycles. The number of rotatable bonds is 1. The minimum atomic E-state index is 0.525. The van der Waals surface area contributed by atoms with Crippen molar-refractivity contribution in [3.05, 3.63) is 30.2 Å². The lowest BCUT2D eigenvalue weighted by atomic mass is 10.2. The number of aryl methyl sites for hydroxylation is 1. The van der Waals surface area contributed by atoms with E-state index in [4.69, 9.17) is 9.68 Å². The van der Waals surface area contributed by atoms with Gasteiger partial charge in [0, 0.05) is 7.05 Å². The van der Waals surface area contributed by atoms with Crippen molar-refractivity contribution in [3.8, 4) is 17.5 Å². The van der Waals surface area contributed by atoms with Crippen molar-refractivity contribution in [1.82, 2.24) is 9.78 Å². The fraction of sp³-hybridized carbons (Fsp3) is 0.111. The predicted molar refractivity (Wildman–Crippen MR) is 45.6 cm³/mol. The zero-order valence-electron chi connectivity index (χ0n) is 7.06. The Kier molecular flexibility index (Phi) is 1.64. The van der Waals surface area contributed by atoms with Crippen molar-refractivity contribution in [1.29, 1.82) is 5.26 Å². The van der Waals surface area contributed by atoms with E-state index in [2.05, 4.69) is 11.2 Å². The van der Waals surface area contributed by atoms with Crippen LogP contribution in [0.4, 0.5) is 0 Å². The van der Waals surface area contributed by atoms with Crippen LogP contribution in [0.15, 0.2) is 29.0 Å². The standard InChI is InChI=1S/C9H7N3O/c1-12-9(7(5-10)6-11-12)8-3-2-4-13-8/h2-4,6H,1H3. The summed E-state index contributed by atoms with van der Waals surface area (Å²) in [6, 6.07) is 5.65. The Labute approximate surface area is 75.0 Å². The average Bonchev–Trinajstić information content (AvgIpc) is 2.72. The van der Waals surface area contributed by atoms with Gasteiger partial charge in [0.2, 0.25) is 0 Å². The molecule has 0 radical (unpaired) electrons. The van der Waals surface area contributed by atoms with Crippen LogP contribution >= 0.6 is 0 Å². The summed E-state index contributed by atoms with van der Waals surface area (Å²) in [5, 5.41) is 12.8. The smallest absolute Gasteiger partial charge is 0.153 e. The van der Waals surface area contributed by atoms with Gasteiger partial charge in [-0.05, 0) is 12.1 Å². The monoisotopic (exact) mass is 173 g/mol. The summed E-state index contributed by atoms with van der Waals surface area (Å²) in [5.74, 6) is 0.663. The molecule has 0 N–H and O–H groups in total.